The predicted octanol–water partition coefficient (Wildman–Crippen LogP) is 5.91. The Bertz CT molecular complexity index is 1380. The molecule has 0 bridgehead atoms. The first kappa shape index (κ1) is 24.3. The first-order valence-electron chi connectivity index (χ1n) is 11.0. The van der Waals surface area contributed by atoms with Crippen LogP contribution in [0.4, 0.5) is 0 Å². The summed E-state index contributed by atoms with van der Waals surface area (Å²) < 4.78 is 23.1. The fourth-order valence-corrected chi connectivity index (χ4v) is 3.63. The van der Waals surface area contributed by atoms with Gasteiger partial charge >= 0.3 is 12.0 Å². The summed E-state index contributed by atoms with van der Waals surface area (Å²) in [6, 6.07) is 8.95. The quantitative estimate of drug-likeness (QED) is 0.301. The summed E-state index contributed by atoms with van der Waals surface area (Å²) >= 11 is 6.11. The molecule has 182 valence electrons. The molecule has 0 radical (unpaired) electrons. The Kier molecular flexibility index (Phi) is 7.07. The maximum atomic E-state index is 10.9. The molecule has 2 heterocycles. The van der Waals surface area contributed by atoms with Gasteiger partial charge < -0.3 is 23.7 Å². The van der Waals surface area contributed by atoms with E-state index >= 15 is 0 Å². The molecule has 0 saturated carbocycles. The normalized spacial score (nSPS) is 11.0. The molecule has 0 atom stereocenters. The maximum absolute atomic E-state index is 10.9. The Morgan fingerprint density at radius 3 is 2.46 bits per heavy atom. The third-order valence-electron chi connectivity index (χ3n) is 5.05. The van der Waals surface area contributed by atoms with Crippen LogP contribution in [0, 0.1) is 20.8 Å². The Morgan fingerprint density at radius 2 is 1.77 bits per heavy atom. The van der Waals surface area contributed by atoms with Crippen LogP contribution in [0.25, 0.3) is 22.7 Å². The molecule has 0 aliphatic carbocycles. The van der Waals surface area contributed by atoms with Crippen molar-refractivity contribution in [3.8, 4) is 34.8 Å². The van der Waals surface area contributed by atoms with Crippen LogP contribution < -0.4 is 14.2 Å². The summed E-state index contributed by atoms with van der Waals surface area (Å²) in [4.78, 5) is 24.2. The highest BCUT2D eigenvalue weighted by atomic mass is 35.5. The largest absolute Gasteiger partial charge is 0.481 e. The van der Waals surface area contributed by atoms with Crippen molar-refractivity contribution in [2.24, 2.45) is 0 Å². The molecule has 0 unspecified atom stereocenters. The molecule has 0 amide bonds. The fourth-order valence-electron chi connectivity index (χ4n) is 3.46. The molecule has 9 nitrogen and oxygen atoms in total. The molecular formula is C25H24ClN3O6. The number of aliphatic carboxylic acids is 1. The van der Waals surface area contributed by atoms with E-state index in [0.29, 0.717) is 40.1 Å². The summed E-state index contributed by atoms with van der Waals surface area (Å²) in [7, 11) is 0. The Morgan fingerprint density at radius 1 is 1.03 bits per heavy atom. The van der Waals surface area contributed by atoms with E-state index in [2.05, 4.69) is 15.0 Å². The van der Waals surface area contributed by atoms with Crippen molar-refractivity contribution >= 4 is 28.8 Å². The SMILES string of the molecule is CCCOc1nc(Oc2cc(Cl)ccc2C)nc2oc(-c3cc(C)c(OCC(=O)O)c(C)c3)nc12. The molecule has 4 aromatic rings. The molecule has 0 spiro atoms. The van der Waals surface area contributed by atoms with Gasteiger partial charge in [0.1, 0.15) is 11.5 Å². The zero-order valence-electron chi connectivity index (χ0n) is 19.7. The zero-order valence-corrected chi connectivity index (χ0v) is 20.5. The van der Waals surface area contributed by atoms with Gasteiger partial charge in [-0.15, -0.1) is 0 Å². The van der Waals surface area contributed by atoms with Crippen molar-refractivity contribution in [3.05, 3.63) is 52.0 Å². The number of rotatable bonds is 9. The van der Waals surface area contributed by atoms with Crippen LogP contribution in [-0.4, -0.2) is 39.2 Å². The molecule has 10 heteroatoms. The first-order chi connectivity index (χ1) is 16.7. The minimum Gasteiger partial charge on any atom is -0.481 e. The number of carbonyl (C=O) groups is 1. The van der Waals surface area contributed by atoms with Gasteiger partial charge in [-0.25, -0.2) is 9.78 Å². The van der Waals surface area contributed by atoms with Crippen LogP contribution in [0.1, 0.15) is 30.0 Å². The smallest absolute Gasteiger partial charge is 0.341 e. The number of ether oxygens (including phenoxy) is 3. The number of aromatic nitrogens is 3. The number of benzene rings is 2. The fraction of sp³-hybridized carbons (Fsp3) is 0.280. The maximum Gasteiger partial charge on any atom is 0.341 e. The van der Waals surface area contributed by atoms with Crippen molar-refractivity contribution in [2.45, 2.75) is 34.1 Å². The highest BCUT2D eigenvalue weighted by molar-refractivity contribution is 6.30. The minimum absolute atomic E-state index is 0.0430. The number of nitrogens with zero attached hydrogens (tertiary/aromatic N) is 3. The van der Waals surface area contributed by atoms with Gasteiger partial charge in [-0.2, -0.15) is 9.97 Å². The number of carboxylic acid groups (broad SMARTS) is 1. The van der Waals surface area contributed by atoms with E-state index < -0.39 is 12.6 Å². The highest BCUT2D eigenvalue weighted by Gasteiger charge is 2.20. The van der Waals surface area contributed by atoms with Gasteiger partial charge in [-0.05, 0) is 68.1 Å². The monoisotopic (exact) mass is 497 g/mol. The lowest BCUT2D eigenvalue weighted by atomic mass is 10.1. The summed E-state index contributed by atoms with van der Waals surface area (Å²) in [5.41, 5.74) is 3.61. The van der Waals surface area contributed by atoms with E-state index in [4.69, 9.17) is 35.3 Å². The number of oxazole rings is 1. The second-order valence-electron chi connectivity index (χ2n) is 7.97. The summed E-state index contributed by atoms with van der Waals surface area (Å²) in [5, 5.41) is 9.44. The van der Waals surface area contributed by atoms with Crippen molar-refractivity contribution in [1.29, 1.82) is 0 Å². The van der Waals surface area contributed by atoms with E-state index in [9.17, 15) is 4.79 Å². The van der Waals surface area contributed by atoms with Crippen LogP contribution in [-0.2, 0) is 4.79 Å². The molecule has 35 heavy (non-hydrogen) atoms. The van der Waals surface area contributed by atoms with Crippen molar-refractivity contribution in [1.82, 2.24) is 15.0 Å². The van der Waals surface area contributed by atoms with Crippen LogP contribution >= 0.6 is 11.6 Å². The highest BCUT2D eigenvalue weighted by Crippen LogP contribution is 2.35. The van der Waals surface area contributed by atoms with Gasteiger partial charge in [-0.3, -0.25) is 0 Å². The van der Waals surface area contributed by atoms with Crippen LogP contribution in [0.5, 0.6) is 23.4 Å². The second-order valence-corrected chi connectivity index (χ2v) is 8.40. The van der Waals surface area contributed by atoms with Gasteiger partial charge in [0, 0.05) is 10.6 Å². The molecular weight excluding hydrogens is 474 g/mol. The van der Waals surface area contributed by atoms with Crippen LogP contribution in [0.2, 0.25) is 5.02 Å². The van der Waals surface area contributed by atoms with Gasteiger partial charge in [0.2, 0.25) is 5.89 Å². The predicted molar refractivity (Wildman–Crippen MR) is 130 cm³/mol. The molecule has 0 fully saturated rings. The lowest BCUT2D eigenvalue weighted by Crippen LogP contribution is -2.10. The van der Waals surface area contributed by atoms with Gasteiger partial charge in [0.15, 0.2) is 12.1 Å². The lowest BCUT2D eigenvalue weighted by molar-refractivity contribution is -0.139. The van der Waals surface area contributed by atoms with E-state index in [0.717, 1.165) is 23.1 Å². The van der Waals surface area contributed by atoms with Crippen molar-refractivity contribution in [2.75, 3.05) is 13.2 Å². The van der Waals surface area contributed by atoms with E-state index in [1.165, 1.54) is 0 Å². The zero-order chi connectivity index (χ0) is 25.1. The minimum atomic E-state index is -1.05. The van der Waals surface area contributed by atoms with Crippen molar-refractivity contribution < 1.29 is 28.5 Å². The molecule has 0 saturated heterocycles. The number of hydrogen-bond donors (Lipinski definition) is 1. The molecule has 0 aliphatic rings. The standard InChI is InChI=1S/C25H24ClN3O6/c1-5-8-32-23-20-24(29-25(28-23)34-18-11-17(26)7-6-13(18)2)35-22(27-20)16-9-14(3)21(15(4)10-16)33-12-19(30)31/h6-7,9-11H,5,8,12H2,1-4H3,(H,30,31). The number of carboxylic acids is 1. The number of hydrogen-bond acceptors (Lipinski definition) is 8. The van der Waals surface area contributed by atoms with E-state index in [-0.39, 0.29) is 17.6 Å². The Hall–Kier alpha value is -3.85. The molecule has 2 aromatic heterocycles. The molecule has 1 N–H and O–H groups in total. The topological polar surface area (TPSA) is 117 Å². The van der Waals surface area contributed by atoms with Crippen LogP contribution in [0.3, 0.4) is 0 Å². The average Bonchev–Trinajstić information content (AvgIpc) is 3.23. The molecule has 2 aromatic carbocycles. The summed E-state index contributed by atoms with van der Waals surface area (Å²) in [6.07, 6.45) is 0.774. The van der Waals surface area contributed by atoms with Gasteiger partial charge in [0.05, 0.1) is 6.61 Å². The molecule has 4 rings (SSSR count). The summed E-state index contributed by atoms with van der Waals surface area (Å²) in [6.45, 7) is 7.53. The van der Waals surface area contributed by atoms with Crippen molar-refractivity contribution in [3.63, 3.8) is 0 Å². The van der Waals surface area contributed by atoms with Gasteiger partial charge in [0.25, 0.3) is 11.6 Å². The lowest BCUT2D eigenvalue weighted by Gasteiger charge is -2.11. The van der Waals surface area contributed by atoms with E-state index in [1.54, 1.807) is 12.1 Å². The third kappa shape index (κ3) is 5.46. The number of aryl methyl sites for hydroxylation is 3. The Balaban J connectivity index is 1.74. The second kappa shape index (κ2) is 10.2. The van der Waals surface area contributed by atoms with Gasteiger partial charge in [-0.1, -0.05) is 24.6 Å². The number of halogens is 1. The van der Waals surface area contributed by atoms with Crippen LogP contribution in [0.15, 0.2) is 34.7 Å². The molecule has 0 aliphatic heterocycles. The van der Waals surface area contributed by atoms with E-state index in [1.807, 2.05) is 45.9 Å². The summed E-state index contributed by atoms with van der Waals surface area (Å²) in [5.74, 6) is 0.530. The first-order valence-corrected chi connectivity index (χ1v) is 11.3. The average molecular weight is 498 g/mol. The number of fused-ring (bicyclic) bond motifs is 1. The third-order valence-corrected chi connectivity index (χ3v) is 5.28. The Labute approximate surface area is 206 Å².